The van der Waals surface area contributed by atoms with E-state index in [1.54, 1.807) is 12.1 Å². The van der Waals surface area contributed by atoms with Crippen LogP contribution in [-0.4, -0.2) is 37.4 Å². The first-order chi connectivity index (χ1) is 12.5. The molecule has 0 bridgehead atoms. The number of hydrogen-bond acceptors (Lipinski definition) is 5. The minimum Gasteiger partial charge on any atom is -0.493 e. The summed E-state index contributed by atoms with van der Waals surface area (Å²) in [5, 5.41) is 9.49. The number of hydrogen-bond donors (Lipinski definition) is 2. The first-order valence-corrected chi connectivity index (χ1v) is 8.77. The normalized spacial score (nSPS) is 11.9. The molecule has 0 aliphatic rings. The highest BCUT2D eigenvalue weighted by molar-refractivity contribution is 5.90. The zero-order valence-corrected chi connectivity index (χ0v) is 15.6. The van der Waals surface area contributed by atoms with E-state index in [9.17, 15) is 9.90 Å². The molecule has 5 nitrogen and oxygen atoms in total. The summed E-state index contributed by atoms with van der Waals surface area (Å²) >= 11 is 0. The predicted molar refractivity (Wildman–Crippen MR) is 102 cm³/mol. The fourth-order valence-electron chi connectivity index (χ4n) is 2.87. The van der Waals surface area contributed by atoms with E-state index in [1.807, 2.05) is 26.0 Å². The highest BCUT2D eigenvalue weighted by Gasteiger charge is 2.10. The van der Waals surface area contributed by atoms with Gasteiger partial charge in [-0.25, -0.2) is 4.79 Å². The Labute approximate surface area is 154 Å². The highest BCUT2D eigenvalue weighted by atomic mass is 16.5. The Morgan fingerprint density at radius 2 is 1.73 bits per heavy atom. The number of ether oxygens (including phenoxy) is 2. The predicted octanol–water partition coefficient (Wildman–Crippen LogP) is 3.24. The summed E-state index contributed by atoms with van der Waals surface area (Å²) in [5.74, 6) is 0.537. The summed E-state index contributed by atoms with van der Waals surface area (Å²) in [6, 6.07) is 11.5. The van der Waals surface area contributed by atoms with Crippen molar-refractivity contribution in [3.8, 4) is 16.9 Å². The highest BCUT2D eigenvalue weighted by Crippen LogP contribution is 2.30. The molecular formula is C21H27NO4. The van der Waals surface area contributed by atoms with Crippen molar-refractivity contribution in [2.24, 2.45) is 5.73 Å². The number of aliphatic hydroxyl groups is 1. The third-order valence-electron chi connectivity index (χ3n) is 4.30. The van der Waals surface area contributed by atoms with Gasteiger partial charge in [-0.05, 0) is 73.2 Å². The number of aliphatic hydroxyl groups excluding tert-OH is 1. The zero-order valence-electron chi connectivity index (χ0n) is 15.6. The average molecular weight is 357 g/mol. The molecule has 140 valence electrons. The second kappa shape index (κ2) is 9.36. The van der Waals surface area contributed by atoms with Gasteiger partial charge in [0.2, 0.25) is 0 Å². The monoisotopic (exact) mass is 357 g/mol. The van der Waals surface area contributed by atoms with Crippen LogP contribution in [0.15, 0.2) is 36.4 Å². The molecule has 5 heteroatoms. The Balaban J connectivity index is 2.09. The second-order valence-electron chi connectivity index (χ2n) is 6.39. The number of aryl methyl sites for hydroxylation is 2. The van der Waals surface area contributed by atoms with E-state index in [1.165, 1.54) is 7.11 Å². The lowest BCUT2D eigenvalue weighted by Gasteiger charge is -2.15. The molecule has 0 radical (unpaired) electrons. The lowest BCUT2D eigenvalue weighted by atomic mass is 9.99. The van der Waals surface area contributed by atoms with Crippen molar-refractivity contribution in [3.05, 3.63) is 53.1 Å². The maximum Gasteiger partial charge on any atom is 0.337 e. The molecule has 0 aromatic heterocycles. The lowest BCUT2D eigenvalue weighted by molar-refractivity contribution is 0.0600. The Morgan fingerprint density at radius 1 is 1.12 bits per heavy atom. The maximum atomic E-state index is 11.5. The van der Waals surface area contributed by atoms with Crippen molar-refractivity contribution >= 4 is 5.97 Å². The van der Waals surface area contributed by atoms with Gasteiger partial charge in [0.1, 0.15) is 5.75 Å². The van der Waals surface area contributed by atoms with Gasteiger partial charge in [0, 0.05) is 6.54 Å². The van der Waals surface area contributed by atoms with Crippen LogP contribution in [0, 0.1) is 13.8 Å². The molecule has 2 rings (SSSR count). The molecule has 26 heavy (non-hydrogen) atoms. The van der Waals surface area contributed by atoms with Crippen molar-refractivity contribution in [2.75, 3.05) is 20.3 Å². The molecule has 2 aromatic carbocycles. The summed E-state index contributed by atoms with van der Waals surface area (Å²) < 4.78 is 10.6. The van der Waals surface area contributed by atoms with Crippen LogP contribution >= 0.6 is 0 Å². The quantitative estimate of drug-likeness (QED) is 0.560. The van der Waals surface area contributed by atoms with Gasteiger partial charge < -0.3 is 20.3 Å². The number of carbonyl (C=O) groups excluding carboxylic acids is 1. The summed E-state index contributed by atoms with van der Waals surface area (Å²) in [7, 11) is 1.37. The molecule has 0 saturated heterocycles. The second-order valence-corrected chi connectivity index (χ2v) is 6.39. The molecule has 0 amide bonds. The van der Waals surface area contributed by atoms with Crippen molar-refractivity contribution in [1.29, 1.82) is 0 Å². The molecule has 1 unspecified atom stereocenters. The first-order valence-electron chi connectivity index (χ1n) is 8.77. The number of esters is 1. The van der Waals surface area contributed by atoms with Crippen LogP contribution in [0.4, 0.5) is 0 Å². The van der Waals surface area contributed by atoms with Crippen molar-refractivity contribution in [3.63, 3.8) is 0 Å². The van der Waals surface area contributed by atoms with Crippen LogP contribution in [0.5, 0.6) is 5.75 Å². The van der Waals surface area contributed by atoms with Crippen LogP contribution in [0.3, 0.4) is 0 Å². The maximum absolute atomic E-state index is 11.5. The molecule has 0 saturated carbocycles. The standard InChI is InChI=1S/C21H27NO4/c1-14-11-18(16-6-8-17(9-7-16)21(24)25-3)12-15(2)20(14)26-10-4-5-19(23)13-22/h6-9,11-12,19,23H,4-5,10,13,22H2,1-3H3. The third-order valence-corrected chi connectivity index (χ3v) is 4.30. The van der Waals surface area contributed by atoms with Gasteiger partial charge in [0.05, 0.1) is 25.4 Å². The Bertz CT molecular complexity index is 717. The number of nitrogens with two attached hydrogens (primary N) is 1. The van der Waals surface area contributed by atoms with Crippen molar-refractivity contribution < 1.29 is 19.4 Å². The van der Waals surface area contributed by atoms with E-state index in [4.69, 9.17) is 15.2 Å². The number of carbonyl (C=O) groups is 1. The summed E-state index contributed by atoms with van der Waals surface area (Å²) in [4.78, 5) is 11.5. The Hall–Kier alpha value is -2.37. The van der Waals surface area contributed by atoms with Gasteiger partial charge in [-0.2, -0.15) is 0 Å². The van der Waals surface area contributed by atoms with E-state index in [0.29, 0.717) is 18.6 Å². The van der Waals surface area contributed by atoms with Crippen LogP contribution in [0.2, 0.25) is 0 Å². The smallest absolute Gasteiger partial charge is 0.337 e. The van der Waals surface area contributed by atoms with Crippen molar-refractivity contribution in [2.45, 2.75) is 32.8 Å². The van der Waals surface area contributed by atoms with E-state index in [2.05, 4.69) is 12.1 Å². The molecule has 0 fully saturated rings. The van der Waals surface area contributed by atoms with Gasteiger partial charge in [-0.1, -0.05) is 12.1 Å². The fourth-order valence-corrected chi connectivity index (χ4v) is 2.87. The number of methoxy groups -OCH3 is 1. The summed E-state index contributed by atoms with van der Waals surface area (Å²) in [6.45, 7) is 4.86. The van der Waals surface area contributed by atoms with E-state index >= 15 is 0 Å². The Morgan fingerprint density at radius 3 is 2.27 bits per heavy atom. The average Bonchev–Trinajstić information content (AvgIpc) is 2.65. The molecule has 0 aliphatic carbocycles. The van der Waals surface area contributed by atoms with Gasteiger partial charge in [0.25, 0.3) is 0 Å². The van der Waals surface area contributed by atoms with Gasteiger partial charge in [0.15, 0.2) is 0 Å². The molecule has 3 N–H and O–H groups in total. The molecule has 0 heterocycles. The number of benzene rings is 2. The SMILES string of the molecule is COC(=O)c1ccc(-c2cc(C)c(OCCCC(O)CN)c(C)c2)cc1. The molecule has 0 aliphatic heterocycles. The molecular weight excluding hydrogens is 330 g/mol. The van der Waals surface area contributed by atoms with E-state index in [0.717, 1.165) is 34.4 Å². The number of rotatable bonds is 8. The van der Waals surface area contributed by atoms with Crippen LogP contribution in [-0.2, 0) is 4.74 Å². The topological polar surface area (TPSA) is 81.8 Å². The summed E-state index contributed by atoms with van der Waals surface area (Å²) in [6.07, 6.45) is 0.934. The van der Waals surface area contributed by atoms with Crippen LogP contribution in [0.25, 0.3) is 11.1 Å². The lowest BCUT2D eigenvalue weighted by Crippen LogP contribution is -2.20. The first kappa shape index (κ1) is 19.9. The van der Waals surface area contributed by atoms with Crippen molar-refractivity contribution in [1.82, 2.24) is 0 Å². The van der Waals surface area contributed by atoms with E-state index < -0.39 is 6.10 Å². The largest absolute Gasteiger partial charge is 0.493 e. The van der Waals surface area contributed by atoms with Gasteiger partial charge in [-0.3, -0.25) is 0 Å². The minimum atomic E-state index is -0.462. The Kier molecular flexibility index (Phi) is 7.18. The fraction of sp³-hybridized carbons (Fsp3) is 0.381. The third kappa shape index (κ3) is 5.07. The summed E-state index contributed by atoms with van der Waals surface area (Å²) in [5.41, 5.74) is 10.1. The van der Waals surface area contributed by atoms with Gasteiger partial charge >= 0.3 is 5.97 Å². The minimum absolute atomic E-state index is 0.279. The molecule has 1 atom stereocenters. The molecule has 2 aromatic rings. The van der Waals surface area contributed by atoms with Crippen LogP contribution in [0.1, 0.15) is 34.3 Å². The van der Waals surface area contributed by atoms with Gasteiger partial charge in [-0.15, -0.1) is 0 Å². The molecule has 0 spiro atoms. The zero-order chi connectivity index (χ0) is 19.1. The van der Waals surface area contributed by atoms with Crippen LogP contribution < -0.4 is 10.5 Å². The van der Waals surface area contributed by atoms with E-state index in [-0.39, 0.29) is 12.5 Å².